The van der Waals surface area contributed by atoms with Gasteiger partial charge in [0.15, 0.2) is 11.5 Å². The Morgan fingerprint density at radius 3 is 2.89 bits per heavy atom. The van der Waals surface area contributed by atoms with E-state index in [1.165, 1.54) is 0 Å². The van der Waals surface area contributed by atoms with Gasteiger partial charge >= 0.3 is 0 Å². The molecule has 1 N–H and O–H groups in total. The van der Waals surface area contributed by atoms with Crippen molar-refractivity contribution in [2.24, 2.45) is 0 Å². The summed E-state index contributed by atoms with van der Waals surface area (Å²) in [5, 5.41) is 3.10. The Kier molecular flexibility index (Phi) is 5.30. The first kappa shape index (κ1) is 13.2. The molecule has 4 nitrogen and oxygen atoms in total. The quantitative estimate of drug-likeness (QED) is 0.785. The Morgan fingerprint density at radius 2 is 2.06 bits per heavy atom. The maximum absolute atomic E-state index is 5.64. The van der Waals surface area contributed by atoms with E-state index in [0.717, 1.165) is 56.3 Å². The van der Waals surface area contributed by atoms with E-state index >= 15 is 0 Å². The molecule has 1 aliphatic heterocycles. The molecule has 2 rings (SSSR count). The molecule has 0 radical (unpaired) electrons. The zero-order valence-corrected chi connectivity index (χ0v) is 10.9. The summed E-state index contributed by atoms with van der Waals surface area (Å²) >= 11 is 0. The largest absolute Gasteiger partial charge is 0.490 e. The van der Waals surface area contributed by atoms with Gasteiger partial charge in [0.05, 0.1) is 19.8 Å². The molecule has 0 bridgehead atoms. The Balaban J connectivity index is 1.84. The molecule has 0 unspecified atom stereocenters. The van der Waals surface area contributed by atoms with Gasteiger partial charge < -0.3 is 19.5 Å². The normalized spacial score (nSPS) is 14.3. The smallest absolute Gasteiger partial charge is 0.161 e. The highest BCUT2D eigenvalue weighted by Crippen LogP contribution is 2.30. The number of hydrogen-bond donors (Lipinski definition) is 1. The van der Waals surface area contributed by atoms with E-state index in [9.17, 15) is 0 Å². The number of fused-ring (bicyclic) bond motifs is 1. The number of benzene rings is 1. The van der Waals surface area contributed by atoms with Crippen LogP contribution in [0.4, 0.5) is 0 Å². The summed E-state index contributed by atoms with van der Waals surface area (Å²) in [6.07, 6.45) is 1.96. The first-order valence-electron chi connectivity index (χ1n) is 6.51. The third-order valence-electron chi connectivity index (χ3n) is 2.80. The second-order valence-corrected chi connectivity index (χ2v) is 4.34. The van der Waals surface area contributed by atoms with Crippen LogP contribution in [0.15, 0.2) is 18.2 Å². The highest BCUT2D eigenvalue weighted by molar-refractivity contribution is 5.43. The number of hydrogen-bond acceptors (Lipinski definition) is 4. The summed E-state index contributed by atoms with van der Waals surface area (Å²) in [4.78, 5) is 0. The van der Waals surface area contributed by atoms with E-state index in [4.69, 9.17) is 14.2 Å². The van der Waals surface area contributed by atoms with E-state index in [2.05, 4.69) is 5.32 Å². The van der Waals surface area contributed by atoms with Crippen molar-refractivity contribution in [3.05, 3.63) is 23.8 Å². The molecule has 1 aromatic rings. The van der Waals surface area contributed by atoms with Gasteiger partial charge in [0.25, 0.3) is 0 Å². The van der Waals surface area contributed by atoms with Crippen molar-refractivity contribution >= 4 is 0 Å². The molecule has 1 heterocycles. The molecule has 0 saturated carbocycles. The van der Waals surface area contributed by atoms with Crippen molar-refractivity contribution in [2.75, 3.05) is 33.4 Å². The lowest BCUT2D eigenvalue weighted by Crippen LogP contribution is -2.10. The Bertz CT molecular complexity index is 368. The molecule has 0 amide bonds. The van der Waals surface area contributed by atoms with Crippen LogP contribution in [0.25, 0.3) is 0 Å². The van der Waals surface area contributed by atoms with Crippen LogP contribution in [0.1, 0.15) is 18.4 Å². The van der Waals surface area contributed by atoms with Crippen molar-refractivity contribution in [1.82, 2.24) is 5.32 Å². The summed E-state index contributed by atoms with van der Waals surface area (Å²) in [5.74, 6) is 1.68. The number of nitrogens with one attached hydrogen (secondary N) is 1. The topological polar surface area (TPSA) is 39.7 Å². The SMILES string of the molecule is CNCCCOCc1ccc2c(c1)OCCCO2. The Labute approximate surface area is 108 Å². The molecular formula is C14H21NO3. The molecule has 1 aromatic carbocycles. The highest BCUT2D eigenvalue weighted by Gasteiger charge is 2.10. The van der Waals surface area contributed by atoms with Gasteiger partial charge in [0, 0.05) is 13.0 Å². The van der Waals surface area contributed by atoms with Crippen LogP contribution < -0.4 is 14.8 Å². The van der Waals surface area contributed by atoms with Crippen molar-refractivity contribution in [3.63, 3.8) is 0 Å². The van der Waals surface area contributed by atoms with Gasteiger partial charge in [-0.25, -0.2) is 0 Å². The summed E-state index contributed by atoms with van der Waals surface area (Å²) in [6, 6.07) is 6.01. The van der Waals surface area contributed by atoms with E-state index < -0.39 is 0 Å². The zero-order valence-electron chi connectivity index (χ0n) is 10.9. The molecule has 0 saturated heterocycles. The average Bonchev–Trinajstić information content (AvgIpc) is 2.63. The van der Waals surface area contributed by atoms with Crippen molar-refractivity contribution in [1.29, 1.82) is 0 Å². The molecule has 0 aromatic heterocycles. The van der Waals surface area contributed by atoms with Crippen molar-refractivity contribution < 1.29 is 14.2 Å². The first-order valence-corrected chi connectivity index (χ1v) is 6.51. The monoisotopic (exact) mass is 251 g/mol. The number of rotatable bonds is 6. The Morgan fingerprint density at radius 1 is 1.22 bits per heavy atom. The maximum atomic E-state index is 5.64. The van der Waals surface area contributed by atoms with Crippen LogP contribution in [0.3, 0.4) is 0 Å². The number of ether oxygens (including phenoxy) is 3. The van der Waals surface area contributed by atoms with Crippen LogP contribution in [-0.4, -0.2) is 33.4 Å². The van der Waals surface area contributed by atoms with Crippen LogP contribution in [-0.2, 0) is 11.3 Å². The van der Waals surface area contributed by atoms with Gasteiger partial charge in [-0.3, -0.25) is 0 Å². The third kappa shape index (κ3) is 3.89. The highest BCUT2D eigenvalue weighted by atomic mass is 16.5. The van der Waals surface area contributed by atoms with Crippen LogP contribution >= 0.6 is 0 Å². The molecular weight excluding hydrogens is 230 g/mol. The molecule has 4 heteroatoms. The van der Waals surface area contributed by atoms with Crippen molar-refractivity contribution in [3.8, 4) is 11.5 Å². The van der Waals surface area contributed by atoms with Gasteiger partial charge in [-0.1, -0.05) is 6.07 Å². The van der Waals surface area contributed by atoms with E-state index in [-0.39, 0.29) is 0 Å². The lowest BCUT2D eigenvalue weighted by atomic mass is 10.2. The minimum absolute atomic E-state index is 0.625. The van der Waals surface area contributed by atoms with Crippen LogP contribution in [0.2, 0.25) is 0 Å². The third-order valence-corrected chi connectivity index (χ3v) is 2.80. The summed E-state index contributed by atoms with van der Waals surface area (Å²) in [7, 11) is 1.95. The molecule has 18 heavy (non-hydrogen) atoms. The summed E-state index contributed by atoms with van der Waals surface area (Å²) < 4.78 is 16.8. The van der Waals surface area contributed by atoms with Gasteiger partial charge in [0.1, 0.15) is 0 Å². The Hall–Kier alpha value is -1.26. The molecule has 0 fully saturated rings. The molecule has 1 aliphatic rings. The minimum Gasteiger partial charge on any atom is -0.490 e. The van der Waals surface area contributed by atoms with Gasteiger partial charge in [-0.05, 0) is 37.7 Å². The summed E-state index contributed by atoms with van der Waals surface area (Å²) in [6.45, 7) is 3.84. The summed E-state index contributed by atoms with van der Waals surface area (Å²) in [5.41, 5.74) is 1.13. The predicted octanol–water partition coefficient (Wildman–Crippen LogP) is 1.97. The second kappa shape index (κ2) is 7.24. The predicted molar refractivity (Wildman–Crippen MR) is 70.2 cm³/mol. The minimum atomic E-state index is 0.625. The van der Waals surface area contributed by atoms with Gasteiger partial charge in [-0.15, -0.1) is 0 Å². The lowest BCUT2D eigenvalue weighted by molar-refractivity contribution is 0.118. The van der Waals surface area contributed by atoms with Gasteiger partial charge in [0.2, 0.25) is 0 Å². The average molecular weight is 251 g/mol. The molecule has 0 spiro atoms. The fourth-order valence-electron chi connectivity index (χ4n) is 1.84. The fraction of sp³-hybridized carbons (Fsp3) is 0.571. The molecule has 0 atom stereocenters. The van der Waals surface area contributed by atoms with E-state index in [0.29, 0.717) is 6.61 Å². The standard InChI is InChI=1S/C14H21NO3/c1-15-6-2-7-16-11-12-4-5-13-14(10-12)18-9-3-8-17-13/h4-5,10,15H,2-3,6-9,11H2,1H3. The lowest BCUT2D eigenvalue weighted by Gasteiger charge is -2.09. The van der Waals surface area contributed by atoms with E-state index in [1.807, 2.05) is 25.2 Å². The van der Waals surface area contributed by atoms with Crippen molar-refractivity contribution in [2.45, 2.75) is 19.4 Å². The van der Waals surface area contributed by atoms with Gasteiger partial charge in [-0.2, -0.15) is 0 Å². The fourth-order valence-corrected chi connectivity index (χ4v) is 1.84. The maximum Gasteiger partial charge on any atom is 0.161 e. The van der Waals surface area contributed by atoms with Crippen LogP contribution in [0.5, 0.6) is 11.5 Å². The molecule has 100 valence electrons. The second-order valence-electron chi connectivity index (χ2n) is 4.34. The van der Waals surface area contributed by atoms with E-state index in [1.54, 1.807) is 0 Å². The molecule has 0 aliphatic carbocycles. The zero-order chi connectivity index (χ0) is 12.6. The first-order chi connectivity index (χ1) is 8.90. The van der Waals surface area contributed by atoms with Crippen LogP contribution in [0, 0.1) is 0 Å².